The van der Waals surface area contributed by atoms with Crippen molar-refractivity contribution in [3.63, 3.8) is 0 Å². The van der Waals surface area contributed by atoms with Crippen molar-refractivity contribution in [2.45, 2.75) is 43.3 Å². The zero-order valence-electron chi connectivity index (χ0n) is 14.3. The first kappa shape index (κ1) is 17.5. The normalized spacial score (nSPS) is 16.7. The third-order valence-corrected chi connectivity index (χ3v) is 6.03. The summed E-state index contributed by atoms with van der Waals surface area (Å²) < 4.78 is 12.6. The molecule has 24 heavy (non-hydrogen) atoms. The highest BCUT2D eigenvalue weighted by molar-refractivity contribution is 8.00. The Labute approximate surface area is 149 Å². The molecule has 0 aliphatic heterocycles. The summed E-state index contributed by atoms with van der Waals surface area (Å²) in [5, 5.41) is 0. The molecule has 1 aliphatic carbocycles. The van der Waals surface area contributed by atoms with Gasteiger partial charge in [0.05, 0.1) is 25.9 Å². The summed E-state index contributed by atoms with van der Waals surface area (Å²) in [4.78, 5) is 0. The summed E-state index contributed by atoms with van der Waals surface area (Å²) in [7, 11) is 0. The lowest BCUT2D eigenvalue weighted by atomic mass is 10.1. The monoisotopic (exact) mass is 342 g/mol. The van der Waals surface area contributed by atoms with E-state index in [1.165, 1.54) is 24.0 Å². The fourth-order valence-electron chi connectivity index (χ4n) is 2.88. The molecular weight excluding hydrogens is 316 g/mol. The Hall–Kier alpha value is -1.29. The minimum atomic E-state index is 0.156. The van der Waals surface area contributed by atoms with E-state index in [1.807, 2.05) is 23.9 Å². The van der Waals surface area contributed by atoms with Crippen LogP contribution >= 0.6 is 11.8 Å². The van der Waals surface area contributed by atoms with Gasteiger partial charge < -0.3 is 9.47 Å². The number of benzene rings is 2. The predicted octanol–water partition coefficient (Wildman–Crippen LogP) is 5.07. The van der Waals surface area contributed by atoms with Gasteiger partial charge in [-0.2, -0.15) is 11.8 Å². The van der Waals surface area contributed by atoms with E-state index in [4.69, 9.17) is 9.47 Å². The highest BCUT2D eigenvalue weighted by Gasteiger charge is 2.43. The molecule has 0 N–H and O–H groups in total. The number of rotatable bonds is 10. The van der Waals surface area contributed by atoms with Crippen molar-refractivity contribution < 1.29 is 9.47 Å². The second-order valence-corrected chi connectivity index (χ2v) is 7.78. The van der Waals surface area contributed by atoms with Crippen molar-refractivity contribution in [3.05, 3.63) is 71.8 Å². The van der Waals surface area contributed by atoms with Crippen LogP contribution < -0.4 is 0 Å². The molecule has 1 unspecified atom stereocenters. The Morgan fingerprint density at radius 2 is 1.50 bits per heavy atom. The molecule has 2 nitrogen and oxygen atoms in total. The van der Waals surface area contributed by atoms with Gasteiger partial charge in [0.2, 0.25) is 0 Å². The van der Waals surface area contributed by atoms with Crippen molar-refractivity contribution in [3.8, 4) is 0 Å². The Morgan fingerprint density at radius 3 is 2.04 bits per heavy atom. The zero-order valence-corrected chi connectivity index (χ0v) is 15.1. The lowest BCUT2D eigenvalue weighted by Crippen LogP contribution is -2.25. The van der Waals surface area contributed by atoms with Gasteiger partial charge in [-0.1, -0.05) is 60.7 Å². The van der Waals surface area contributed by atoms with Gasteiger partial charge in [0.1, 0.15) is 0 Å². The molecule has 0 amide bonds. The van der Waals surface area contributed by atoms with Crippen LogP contribution in [0.4, 0.5) is 0 Å². The van der Waals surface area contributed by atoms with E-state index in [0.29, 0.717) is 24.6 Å². The number of thioether (sulfide) groups is 1. The van der Waals surface area contributed by atoms with Crippen LogP contribution in [-0.2, 0) is 22.7 Å². The molecule has 0 spiro atoms. The minimum absolute atomic E-state index is 0.156. The molecule has 0 bridgehead atoms. The maximum atomic E-state index is 6.21. The van der Waals surface area contributed by atoms with Crippen LogP contribution in [0.15, 0.2) is 60.7 Å². The Kier molecular flexibility index (Phi) is 6.36. The van der Waals surface area contributed by atoms with Gasteiger partial charge in [-0.05, 0) is 36.6 Å². The van der Waals surface area contributed by atoms with E-state index in [9.17, 15) is 0 Å². The summed E-state index contributed by atoms with van der Waals surface area (Å²) >= 11 is 1.98. The Morgan fingerprint density at radius 1 is 0.917 bits per heavy atom. The van der Waals surface area contributed by atoms with Crippen molar-refractivity contribution in [2.24, 2.45) is 0 Å². The van der Waals surface area contributed by atoms with Crippen molar-refractivity contribution in [1.82, 2.24) is 0 Å². The fourth-order valence-corrected chi connectivity index (χ4v) is 3.75. The molecule has 3 rings (SSSR count). The first-order chi connectivity index (χ1) is 11.8. The molecule has 0 aromatic heterocycles. The van der Waals surface area contributed by atoms with Gasteiger partial charge in [0.25, 0.3) is 0 Å². The smallest absolute Gasteiger partial charge is 0.0826 e. The third kappa shape index (κ3) is 5.37. The first-order valence-corrected chi connectivity index (χ1v) is 9.84. The molecule has 128 valence electrons. The van der Waals surface area contributed by atoms with Gasteiger partial charge in [-0.15, -0.1) is 0 Å². The van der Waals surface area contributed by atoms with Gasteiger partial charge in [-0.25, -0.2) is 0 Å². The number of hydrogen-bond acceptors (Lipinski definition) is 3. The van der Waals surface area contributed by atoms with Gasteiger partial charge >= 0.3 is 0 Å². The van der Waals surface area contributed by atoms with E-state index in [1.54, 1.807) is 0 Å². The molecule has 2 aromatic carbocycles. The van der Waals surface area contributed by atoms with E-state index in [0.717, 1.165) is 6.42 Å². The summed E-state index contributed by atoms with van der Waals surface area (Å²) in [6.45, 7) is 1.97. The summed E-state index contributed by atoms with van der Waals surface area (Å²) in [6, 6.07) is 20.7. The third-order valence-electron chi connectivity index (χ3n) is 4.58. The van der Waals surface area contributed by atoms with Crippen LogP contribution in [0.5, 0.6) is 0 Å². The van der Waals surface area contributed by atoms with Crippen LogP contribution in [0.1, 0.15) is 30.4 Å². The molecule has 1 saturated carbocycles. The van der Waals surface area contributed by atoms with E-state index in [-0.39, 0.29) is 6.10 Å². The molecule has 0 radical (unpaired) electrons. The quantitative estimate of drug-likeness (QED) is 0.600. The Balaban J connectivity index is 1.51. The summed E-state index contributed by atoms with van der Waals surface area (Å²) in [6.07, 6.45) is 6.06. The minimum Gasteiger partial charge on any atom is -0.374 e. The van der Waals surface area contributed by atoms with Crippen LogP contribution in [0.2, 0.25) is 0 Å². The molecule has 0 heterocycles. The van der Waals surface area contributed by atoms with E-state index >= 15 is 0 Å². The molecule has 2 aromatic rings. The average Bonchev–Trinajstić information content (AvgIpc) is 3.41. The van der Waals surface area contributed by atoms with Crippen LogP contribution in [-0.4, -0.2) is 23.7 Å². The van der Waals surface area contributed by atoms with Gasteiger partial charge in [0.15, 0.2) is 0 Å². The van der Waals surface area contributed by atoms with Crippen LogP contribution in [0.25, 0.3) is 0 Å². The second kappa shape index (κ2) is 8.70. The fraction of sp³-hybridized carbons (Fsp3) is 0.429. The maximum absolute atomic E-state index is 6.21. The van der Waals surface area contributed by atoms with E-state index in [2.05, 4.69) is 54.8 Å². The molecule has 3 heteroatoms. The highest BCUT2D eigenvalue weighted by Crippen LogP contribution is 2.51. The summed E-state index contributed by atoms with van der Waals surface area (Å²) in [5.74, 6) is 0. The average molecular weight is 343 g/mol. The number of hydrogen-bond donors (Lipinski definition) is 0. The van der Waals surface area contributed by atoms with Crippen molar-refractivity contribution >= 4 is 11.8 Å². The maximum Gasteiger partial charge on any atom is 0.0826 e. The first-order valence-electron chi connectivity index (χ1n) is 8.62. The van der Waals surface area contributed by atoms with Crippen molar-refractivity contribution in [2.75, 3.05) is 12.9 Å². The Bertz CT molecular complexity index is 596. The molecule has 1 fully saturated rings. The zero-order chi connectivity index (χ0) is 16.7. The molecule has 0 saturated heterocycles. The standard InChI is InChI=1S/C21H26O2S/c1-24-21(12-13-21)14-20(23-16-19-10-6-3-7-11-19)17-22-15-18-8-4-2-5-9-18/h2-11,20H,12-17H2,1H3. The van der Waals surface area contributed by atoms with Crippen LogP contribution in [0, 0.1) is 0 Å². The van der Waals surface area contributed by atoms with Gasteiger partial charge in [-0.3, -0.25) is 0 Å². The topological polar surface area (TPSA) is 18.5 Å². The lowest BCUT2D eigenvalue weighted by Gasteiger charge is -2.22. The van der Waals surface area contributed by atoms with Crippen molar-refractivity contribution in [1.29, 1.82) is 0 Å². The number of ether oxygens (including phenoxy) is 2. The largest absolute Gasteiger partial charge is 0.374 e. The molecular formula is C21H26O2S. The summed E-state index contributed by atoms with van der Waals surface area (Å²) in [5.41, 5.74) is 2.44. The molecule has 1 aliphatic rings. The SMILES string of the molecule is CSC1(CC(COCc2ccccc2)OCc2ccccc2)CC1. The molecule has 1 atom stereocenters. The second-order valence-electron chi connectivity index (χ2n) is 6.51. The lowest BCUT2D eigenvalue weighted by molar-refractivity contribution is -0.0341. The predicted molar refractivity (Wildman–Crippen MR) is 101 cm³/mol. The van der Waals surface area contributed by atoms with Gasteiger partial charge in [0, 0.05) is 4.75 Å². The highest BCUT2D eigenvalue weighted by atomic mass is 32.2. The van der Waals surface area contributed by atoms with E-state index < -0.39 is 0 Å². The van der Waals surface area contributed by atoms with Crippen LogP contribution in [0.3, 0.4) is 0 Å².